The molecule has 182 valence electrons. The third kappa shape index (κ3) is 4.90. The first-order chi connectivity index (χ1) is 17.2. The van der Waals surface area contributed by atoms with Crippen LogP contribution in [0.2, 0.25) is 0 Å². The molecule has 0 N–H and O–H groups in total. The lowest BCUT2D eigenvalue weighted by Gasteiger charge is -2.26. The molecule has 6 heteroatoms. The number of hydrogen-bond donors (Lipinski definition) is 0. The van der Waals surface area contributed by atoms with Gasteiger partial charge in [-0.1, -0.05) is 24.3 Å². The van der Waals surface area contributed by atoms with Gasteiger partial charge in [-0.3, -0.25) is 9.69 Å². The molecule has 1 fully saturated rings. The predicted molar refractivity (Wildman–Crippen MR) is 134 cm³/mol. The van der Waals surface area contributed by atoms with E-state index in [1.54, 1.807) is 14.2 Å². The summed E-state index contributed by atoms with van der Waals surface area (Å²) in [6.07, 6.45) is 0. The summed E-state index contributed by atoms with van der Waals surface area (Å²) >= 11 is 0. The maximum atomic E-state index is 13.6. The van der Waals surface area contributed by atoms with Crippen molar-refractivity contribution in [1.82, 2.24) is 4.90 Å². The molecular weight excluding hydrogens is 442 g/mol. The summed E-state index contributed by atoms with van der Waals surface area (Å²) in [7, 11) is 3.29. The van der Waals surface area contributed by atoms with Crippen molar-refractivity contribution in [1.29, 1.82) is 0 Å². The number of benzene rings is 3. The first-order valence-electron chi connectivity index (χ1n) is 12.1. The highest BCUT2D eigenvalue weighted by atomic mass is 16.5. The number of methoxy groups -OCH3 is 2. The lowest BCUT2D eigenvalue weighted by molar-refractivity contribution is 0.0322. The van der Waals surface area contributed by atoms with Gasteiger partial charge in [0.05, 0.1) is 33.4 Å². The largest absolute Gasteiger partial charge is 0.497 e. The van der Waals surface area contributed by atoms with Gasteiger partial charge in [-0.25, -0.2) is 0 Å². The van der Waals surface area contributed by atoms with Crippen LogP contribution < -0.4 is 14.2 Å². The molecule has 2 atom stereocenters. The zero-order chi connectivity index (χ0) is 24.2. The van der Waals surface area contributed by atoms with Gasteiger partial charge in [-0.05, 0) is 59.2 Å². The molecule has 0 saturated carbocycles. The number of morpholine rings is 1. The van der Waals surface area contributed by atoms with E-state index in [1.165, 1.54) is 0 Å². The Morgan fingerprint density at radius 2 is 1.40 bits per heavy atom. The Labute approximate surface area is 206 Å². The molecule has 0 radical (unpaired) electrons. The molecule has 2 unspecified atom stereocenters. The fourth-order valence-electron chi connectivity index (χ4n) is 5.06. The van der Waals surface area contributed by atoms with Gasteiger partial charge in [0.15, 0.2) is 5.78 Å². The highest BCUT2D eigenvalue weighted by Crippen LogP contribution is 2.49. The van der Waals surface area contributed by atoms with Crippen molar-refractivity contribution in [2.24, 2.45) is 0 Å². The molecule has 1 aliphatic heterocycles. The van der Waals surface area contributed by atoms with Crippen LogP contribution in [0, 0.1) is 0 Å². The first kappa shape index (κ1) is 23.4. The average Bonchev–Trinajstić information content (AvgIpc) is 3.21. The molecule has 3 aromatic carbocycles. The number of ether oxygens (including phenoxy) is 4. The van der Waals surface area contributed by atoms with Crippen LogP contribution in [-0.4, -0.2) is 64.4 Å². The van der Waals surface area contributed by atoms with Gasteiger partial charge in [0.1, 0.15) is 23.9 Å². The second-order valence-electron chi connectivity index (χ2n) is 8.92. The third-order valence-electron chi connectivity index (χ3n) is 6.97. The number of nitrogens with zero attached hydrogens (tertiary/aromatic N) is 1. The van der Waals surface area contributed by atoms with E-state index in [1.807, 2.05) is 54.6 Å². The highest BCUT2D eigenvalue weighted by Gasteiger charge is 2.41. The van der Waals surface area contributed by atoms with E-state index in [9.17, 15) is 4.79 Å². The van der Waals surface area contributed by atoms with Gasteiger partial charge in [-0.15, -0.1) is 0 Å². The minimum absolute atomic E-state index is 0.108. The Balaban J connectivity index is 1.40. The van der Waals surface area contributed by atoms with Gasteiger partial charge in [0, 0.05) is 31.1 Å². The minimum Gasteiger partial charge on any atom is -0.497 e. The molecular formula is C29H31NO5. The van der Waals surface area contributed by atoms with Gasteiger partial charge in [-0.2, -0.15) is 0 Å². The average molecular weight is 474 g/mol. The lowest BCUT2D eigenvalue weighted by Crippen LogP contribution is -2.38. The van der Waals surface area contributed by atoms with Crippen LogP contribution in [0.15, 0.2) is 66.7 Å². The van der Waals surface area contributed by atoms with Crippen LogP contribution >= 0.6 is 0 Å². The predicted octanol–water partition coefficient (Wildman–Crippen LogP) is 4.53. The molecule has 0 bridgehead atoms. The van der Waals surface area contributed by atoms with Gasteiger partial charge >= 0.3 is 0 Å². The molecule has 35 heavy (non-hydrogen) atoms. The molecule has 1 aliphatic carbocycles. The summed E-state index contributed by atoms with van der Waals surface area (Å²) in [6, 6.07) is 21.7. The first-order valence-corrected chi connectivity index (χ1v) is 12.1. The Morgan fingerprint density at radius 3 is 2.06 bits per heavy atom. The van der Waals surface area contributed by atoms with Crippen molar-refractivity contribution in [3.05, 3.63) is 89.0 Å². The summed E-state index contributed by atoms with van der Waals surface area (Å²) in [6.45, 7) is 5.00. The monoisotopic (exact) mass is 473 g/mol. The fourth-order valence-corrected chi connectivity index (χ4v) is 5.06. The third-order valence-corrected chi connectivity index (χ3v) is 6.97. The number of rotatable bonds is 8. The fraction of sp³-hybridized carbons (Fsp3) is 0.345. The minimum atomic E-state index is -0.309. The molecule has 2 aliphatic rings. The number of carbonyl (C=O) groups excluding carboxylic acids is 1. The van der Waals surface area contributed by atoms with E-state index >= 15 is 0 Å². The quantitative estimate of drug-likeness (QED) is 0.479. The van der Waals surface area contributed by atoms with Crippen LogP contribution in [0.5, 0.6) is 17.2 Å². The molecule has 1 heterocycles. The number of Topliss-reactive ketones (excluding diaryl/α,β-unsaturated/α-hetero) is 1. The van der Waals surface area contributed by atoms with E-state index in [2.05, 4.69) is 17.0 Å². The summed E-state index contributed by atoms with van der Waals surface area (Å²) < 4.78 is 22.2. The summed E-state index contributed by atoms with van der Waals surface area (Å²) in [5, 5.41) is 0. The van der Waals surface area contributed by atoms with Gasteiger partial charge in [0.2, 0.25) is 0 Å². The molecule has 5 rings (SSSR count). The van der Waals surface area contributed by atoms with Gasteiger partial charge in [0.25, 0.3) is 0 Å². The van der Waals surface area contributed by atoms with E-state index < -0.39 is 0 Å². The number of fused-ring (bicyclic) bond motifs is 1. The second-order valence-corrected chi connectivity index (χ2v) is 8.92. The van der Waals surface area contributed by atoms with Crippen molar-refractivity contribution < 1.29 is 23.7 Å². The second kappa shape index (κ2) is 10.5. The highest BCUT2D eigenvalue weighted by molar-refractivity contribution is 6.07. The molecule has 0 amide bonds. The van der Waals surface area contributed by atoms with E-state index in [-0.39, 0.29) is 17.6 Å². The molecule has 1 saturated heterocycles. The topological polar surface area (TPSA) is 57.2 Å². The summed E-state index contributed by atoms with van der Waals surface area (Å²) in [5.41, 5.74) is 3.80. The maximum absolute atomic E-state index is 13.6. The van der Waals surface area contributed by atoms with Crippen molar-refractivity contribution >= 4 is 5.78 Å². The normalized spacial score (nSPS) is 19.9. The zero-order valence-corrected chi connectivity index (χ0v) is 20.2. The molecule has 0 spiro atoms. The molecule has 6 nitrogen and oxygen atoms in total. The maximum Gasteiger partial charge on any atom is 0.171 e. The Kier molecular flexibility index (Phi) is 7.02. The standard InChI is InChI=1S/C29H31NO5/c1-32-22-7-3-21(4-8-22)28-27(26-19-24(33-2)11-12-25(26)29(28)31)20-5-9-23(10-6-20)35-18-15-30-13-16-34-17-14-30/h3-12,19,27-28H,13-18H2,1-2H3. The van der Waals surface area contributed by atoms with Crippen LogP contribution in [0.1, 0.15) is 38.9 Å². The molecule has 3 aromatic rings. The molecule has 0 aromatic heterocycles. The van der Waals surface area contributed by atoms with Crippen LogP contribution in [0.4, 0.5) is 0 Å². The van der Waals surface area contributed by atoms with E-state index in [0.29, 0.717) is 6.61 Å². The Bertz CT molecular complexity index is 1150. The lowest BCUT2D eigenvalue weighted by atomic mass is 9.81. The van der Waals surface area contributed by atoms with E-state index in [4.69, 9.17) is 18.9 Å². The SMILES string of the molecule is COc1ccc(C2C(=O)c3ccc(OC)cc3C2c2ccc(OCCN3CCOCC3)cc2)cc1. The van der Waals surface area contributed by atoms with Gasteiger partial charge < -0.3 is 18.9 Å². The van der Waals surface area contributed by atoms with Crippen molar-refractivity contribution in [2.75, 3.05) is 53.7 Å². The summed E-state index contributed by atoms with van der Waals surface area (Å²) in [5.74, 6) is 2.06. The number of ketones is 1. The Morgan fingerprint density at radius 1 is 0.800 bits per heavy atom. The van der Waals surface area contributed by atoms with Crippen LogP contribution in [0.3, 0.4) is 0 Å². The van der Waals surface area contributed by atoms with Crippen molar-refractivity contribution in [3.8, 4) is 17.2 Å². The number of carbonyl (C=O) groups is 1. The van der Waals surface area contributed by atoms with E-state index in [0.717, 1.165) is 72.4 Å². The van der Waals surface area contributed by atoms with Crippen LogP contribution in [0.25, 0.3) is 0 Å². The smallest absolute Gasteiger partial charge is 0.171 e. The summed E-state index contributed by atoms with van der Waals surface area (Å²) in [4.78, 5) is 15.9. The van der Waals surface area contributed by atoms with Crippen molar-refractivity contribution in [3.63, 3.8) is 0 Å². The van der Waals surface area contributed by atoms with Crippen molar-refractivity contribution in [2.45, 2.75) is 11.8 Å². The zero-order valence-electron chi connectivity index (χ0n) is 20.2. The Hall–Kier alpha value is -3.35. The number of hydrogen-bond acceptors (Lipinski definition) is 6. The van der Waals surface area contributed by atoms with Crippen LogP contribution in [-0.2, 0) is 4.74 Å².